The van der Waals surface area contributed by atoms with Gasteiger partial charge in [0.15, 0.2) is 0 Å². The second-order valence-electron chi connectivity index (χ2n) is 2.87. The summed E-state index contributed by atoms with van der Waals surface area (Å²) in [5.41, 5.74) is 2.00. The van der Waals surface area contributed by atoms with Crippen LogP contribution in [0, 0.1) is 10.1 Å². The lowest BCUT2D eigenvalue weighted by atomic mass is 10.3. The van der Waals surface area contributed by atoms with E-state index >= 15 is 0 Å². The summed E-state index contributed by atoms with van der Waals surface area (Å²) in [6.07, 6.45) is 2.30. The molecule has 0 bridgehead atoms. The topological polar surface area (TPSA) is 116 Å². The molecule has 15 heavy (non-hydrogen) atoms. The smallest absolute Gasteiger partial charge is 0.358 e. The maximum absolute atomic E-state index is 10.7. The summed E-state index contributed by atoms with van der Waals surface area (Å²) in [5, 5.41) is 14.0. The Kier molecular flexibility index (Phi) is 3.75. The van der Waals surface area contributed by atoms with E-state index in [-0.39, 0.29) is 18.1 Å². The van der Waals surface area contributed by atoms with Crippen molar-refractivity contribution in [3.05, 3.63) is 22.4 Å². The third-order valence-electron chi connectivity index (χ3n) is 1.77. The fourth-order valence-corrected chi connectivity index (χ4v) is 1.05. The largest absolute Gasteiger partial charge is 0.389 e. The number of nitrogens with two attached hydrogens (primary N) is 1. The number of nitro groups is 1. The molecule has 8 heteroatoms. The number of aromatic nitrogens is 2. The number of carbonyl (C=O) groups is 1. The first-order chi connectivity index (χ1) is 7.13. The van der Waals surface area contributed by atoms with Gasteiger partial charge in [0.05, 0.1) is 23.9 Å². The van der Waals surface area contributed by atoms with Gasteiger partial charge >= 0.3 is 5.82 Å². The van der Waals surface area contributed by atoms with Crippen molar-refractivity contribution in [3.8, 4) is 0 Å². The molecule has 1 aromatic rings. The standard InChI is InChI=1S/C7H11N5O3/c8-9-7(13)2-1-4-11-5-3-6(10-11)12(14)15/h3,5H,1-2,4,8H2,(H,9,13). The Bertz CT molecular complexity index is 361. The van der Waals surface area contributed by atoms with Gasteiger partial charge in [0.1, 0.15) is 0 Å². The van der Waals surface area contributed by atoms with Crippen molar-refractivity contribution in [2.45, 2.75) is 19.4 Å². The van der Waals surface area contributed by atoms with E-state index in [4.69, 9.17) is 5.84 Å². The van der Waals surface area contributed by atoms with Crippen LogP contribution in [0.15, 0.2) is 12.3 Å². The number of hydrogen-bond donors (Lipinski definition) is 2. The Hall–Kier alpha value is -1.96. The van der Waals surface area contributed by atoms with Crippen LogP contribution >= 0.6 is 0 Å². The quantitative estimate of drug-likeness (QED) is 0.297. The lowest BCUT2D eigenvalue weighted by Gasteiger charge is -1.97. The second kappa shape index (κ2) is 5.05. The molecule has 0 aliphatic rings. The Labute approximate surface area is 85.2 Å². The van der Waals surface area contributed by atoms with Crippen molar-refractivity contribution in [1.82, 2.24) is 15.2 Å². The molecule has 0 spiro atoms. The minimum atomic E-state index is -0.566. The summed E-state index contributed by atoms with van der Waals surface area (Å²) in [7, 11) is 0. The van der Waals surface area contributed by atoms with E-state index in [1.165, 1.54) is 16.9 Å². The van der Waals surface area contributed by atoms with Crippen LogP contribution in [-0.2, 0) is 11.3 Å². The SMILES string of the molecule is NNC(=O)CCCn1ccc([N+](=O)[O-])n1. The predicted molar refractivity (Wildman–Crippen MR) is 50.4 cm³/mol. The lowest BCUT2D eigenvalue weighted by Crippen LogP contribution is -2.29. The number of hydrazine groups is 1. The molecule has 0 atom stereocenters. The molecule has 8 nitrogen and oxygen atoms in total. The third kappa shape index (κ3) is 3.35. The van der Waals surface area contributed by atoms with Crippen molar-refractivity contribution in [3.63, 3.8) is 0 Å². The third-order valence-corrected chi connectivity index (χ3v) is 1.77. The highest BCUT2D eigenvalue weighted by molar-refractivity contribution is 5.74. The molecule has 0 fully saturated rings. The number of hydrogen-bond acceptors (Lipinski definition) is 5. The molecule has 82 valence electrons. The second-order valence-corrected chi connectivity index (χ2v) is 2.87. The molecule has 0 unspecified atom stereocenters. The average molecular weight is 213 g/mol. The highest BCUT2D eigenvalue weighted by atomic mass is 16.6. The lowest BCUT2D eigenvalue weighted by molar-refractivity contribution is -0.389. The summed E-state index contributed by atoms with van der Waals surface area (Å²) in [6.45, 7) is 0.446. The fourth-order valence-electron chi connectivity index (χ4n) is 1.05. The molecule has 1 rings (SSSR count). The summed E-state index contributed by atoms with van der Waals surface area (Å²) in [5.74, 6) is 4.42. The van der Waals surface area contributed by atoms with E-state index in [2.05, 4.69) is 5.10 Å². The van der Waals surface area contributed by atoms with E-state index < -0.39 is 4.92 Å². The average Bonchev–Trinajstić information content (AvgIpc) is 2.66. The molecule has 0 saturated heterocycles. The summed E-state index contributed by atoms with van der Waals surface area (Å²) in [4.78, 5) is 20.5. The Balaban J connectivity index is 2.38. The first-order valence-electron chi connectivity index (χ1n) is 4.31. The zero-order valence-electron chi connectivity index (χ0n) is 7.92. The highest BCUT2D eigenvalue weighted by Crippen LogP contribution is 2.05. The molecule has 1 amide bonds. The maximum atomic E-state index is 10.7. The van der Waals surface area contributed by atoms with Gasteiger partial charge in [-0.2, -0.15) is 4.68 Å². The van der Waals surface area contributed by atoms with E-state index in [9.17, 15) is 14.9 Å². The number of nitrogens with zero attached hydrogens (tertiary/aromatic N) is 3. The molecule has 0 aliphatic heterocycles. The van der Waals surface area contributed by atoms with Gasteiger partial charge in [-0.15, -0.1) is 0 Å². The summed E-state index contributed by atoms with van der Waals surface area (Å²) < 4.78 is 1.42. The summed E-state index contributed by atoms with van der Waals surface area (Å²) in [6, 6.07) is 1.31. The van der Waals surface area contributed by atoms with Crippen LogP contribution in [0.2, 0.25) is 0 Å². The van der Waals surface area contributed by atoms with Gasteiger partial charge in [0.2, 0.25) is 5.91 Å². The van der Waals surface area contributed by atoms with Crippen molar-refractivity contribution >= 4 is 11.7 Å². The summed E-state index contributed by atoms with van der Waals surface area (Å²) >= 11 is 0. The Morgan fingerprint density at radius 1 is 1.73 bits per heavy atom. The fraction of sp³-hybridized carbons (Fsp3) is 0.429. The van der Waals surface area contributed by atoms with Crippen LogP contribution in [0.1, 0.15) is 12.8 Å². The maximum Gasteiger partial charge on any atom is 0.389 e. The molecule has 0 aliphatic carbocycles. The Morgan fingerprint density at radius 2 is 2.47 bits per heavy atom. The number of carbonyl (C=O) groups excluding carboxylic acids is 1. The molecular weight excluding hydrogens is 202 g/mol. The monoisotopic (exact) mass is 213 g/mol. The zero-order chi connectivity index (χ0) is 11.3. The first-order valence-corrected chi connectivity index (χ1v) is 4.31. The van der Waals surface area contributed by atoms with Gasteiger partial charge in [0, 0.05) is 6.42 Å². The van der Waals surface area contributed by atoms with E-state index in [1.54, 1.807) is 0 Å². The number of aryl methyl sites for hydroxylation is 1. The highest BCUT2D eigenvalue weighted by Gasteiger charge is 2.10. The number of nitrogens with one attached hydrogen (secondary N) is 1. The molecule has 1 heterocycles. The molecule has 0 aromatic carbocycles. The molecule has 0 saturated carbocycles. The van der Waals surface area contributed by atoms with E-state index in [0.717, 1.165) is 0 Å². The van der Waals surface area contributed by atoms with Gasteiger partial charge in [0.25, 0.3) is 0 Å². The van der Waals surface area contributed by atoms with Crippen molar-refractivity contribution in [2.75, 3.05) is 0 Å². The van der Waals surface area contributed by atoms with Crippen LogP contribution in [0.5, 0.6) is 0 Å². The van der Waals surface area contributed by atoms with Gasteiger partial charge < -0.3 is 10.1 Å². The van der Waals surface area contributed by atoms with E-state index in [1.807, 2.05) is 5.43 Å². The van der Waals surface area contributed by atoms with Gasteiger partial charge in [-0.3, -0.25) is 10.2 Å². The van der Waals surface area contributed by atoms with Crippen LogP contribution in [0.4, 0.5) is 5.82 Å². The van der Waals surface area contributed by atoms with E-state index in [0.29, 0.717) is 13.0 Å². The van der Waals surface area contributed by atoms with Crippen LogP contribution in [0.25, 0.3) is 0 Å². The van der Waals surface area contributed by atoms with Crippen molar-refractivity contribution in [2.24, 2.45) is 5.84 Å². The molecule has 1 aromatic heterocycles. The van der Waals surface area contributed by atoms with Crippen molar-refractivity contribution in [1.29, 1.82) is 0 Å². The number of amides is 1. The van der Waals surface area contributed by atoms with Gasteiger partial charge in [-0.05, 0) is 11.3 Å². The Morgan fingerprint density at radius 3 is 3.00 bits per heavy atom. The molecule has 3 N–H and O–H groups in total. The first kappa shape index (κ1) is 11.1. The number of rotatable bonds is 5. The van der Waals surface area contributed by atoms with Crippen LogP contribution < -0.4 is 11.3 Å². The van der Waals surface area contributed by atoms with Gasteiger partial charge in [-0.25, -0.2) is 5.84 Å². The normalized spacial score (nSPS) is 9.93. The van der Waals surface area contributed by atoms with Crippen LogP contribution in [-0.4, -0.2) is 20.6 Å². The molecular formula is C7H11N5O3. The minimum Gasteiger partial charge on any atom is -0.358 e. The van der Waals surface area contributed by atoms with Gasteiger partial charge in [-0.1, -0.05) is 0 Å². The molecule has 0 radical (unpaired) electrons. The van der Waals surface area contributed by atoms with Crippen molar-refractivity contribution < 1.29 is 9.72 Å². The predicted octanol–water partition coefficient (Wildman–Crippen LogP) is -0.439. The zero-order valence-corrected chi connectivity index (χ0v) is 7.92. The van der Waals surface area contributed by atoms with Crippen LogP contribution in [0.3, 0.4) is 0 Å². The minimum absolute atomic E-state index is 0.196.